The van der Waals surface area contributed by atoms with Crippen molar-refractivity contribution in [3.05, 3.63) is 133 Å². The van der Waals surface area contributed by atoms with Gasteiger partial charge in [0.05, 0.1) is 11.7 Å². The molecule has 1 aromatic heterocycles. The highest BCUT2D eigenvalue weighted by Gasteiger charge is 2.47. The Labute approximate surface area is 281 Å². The topological polar surface area (TPSA) is 57.1 Å². The lowest BCUT2D eigenvalue weighted by Gasteiger charge is -2.28. The molecule has 0 radical (unpaired) electrons. The van der Waals surface area contributed by atoms with Crippen LogP contribution in [0.1, 0.15) is 27.7 Å². The average molecular weight is 626 g/mol. The molecule has 1 atom stereocenters. The molecule has 6 heteroatoms. The summed E-state index contributed by atoms with van der Waals surface area (Å²) < 4.78 is 13.4. The Kier molecular flexibility index (Phi) is 7.63. The highest BCUT2D eigenvalue weighted by molar-refractivity contribution is 6.62. The van der Waals surface area contributed by atoms with E-state index in [0.717, 1.165) is 33.3 Å². The van der Waals surface area contributed by atoms with Crippen molar-refractivity contribution in [2.75, 3.05) is 0 Å². The summed E-state index contributed by atoms with van der Waals surface area (Å²) in [7, 11) is -0.545. The van der Waals surface area contributed by atoms with Crippen molar-refractivity contribution in [2.24, 2.45) is 5.92 Å². The van der Waals surface area contributed by atoms with Gasteiger partial charge in [-0.25, -0.2) is 15.0 Å². The van der Waals surface area contributed by atoms with Gasteiger partial charge in [0.2, 0.25) is 0 Å². The number of fused-ring (bicyclic) bond motifs is 2. The number of aromatic nitrogens is 3. The maximum absolute atomic E-state index is 6.69. The molecule has 2 heterocycles. The van der Waals surface area contributed by atoms with Gasteiger partial charge in [-0.2, -0.15) is 0 Å². The molecule has 234 valence electrons. The van der Waals surface area contributed by atoms with Crippen molar-refractivity contribution in [3.63, 3.8) is 0 Å². The molecule has 8 rings (SSSR count). The van der Waals surface area contributed by atoms with E-state index in [1.807, 2.05) is 60.7 Å². The van der Waals surface area contributed by atoms with Crippen LogP contribution in [0.2, 0.25) is 0 Å². The van der Waals surface area contributed by atoms with Gasteiger partial charge in [-0.1, -0.05) is 135 Å². The lowest BCUT2D eigenvalue weighted by Crippen LogP contribution is -2.37. The van der Waals surface area contributed by atoms with Gasteiger partial charge >= 0.3 is 7.12 Å². The first kappa shape index (κ1) is 30.2. The fraction of sp³-hybridized carbons (Fsp3) is 0.167. The van der Waals surface area contributed by atoms with Gasteiger partial charge in [0.25, 0.3) is 0 Å². The minimum absolute atomic E-state index is 0.0560. The Morgan fingerprint density at radius 2 is 1.04 bits per heavy atom. The minimum atomic E-state index is -0.545. The number of hydrogen-bond acceptors (Lipinski definition) is 5. The summed E-state index contributed by atoms with van der Waals surface area (Å²) in [5, 5.41) is 4.73. The molecule has 7 aromatic rings. The quantitative estimate of drug-likeness (QED) is 0.136. The summed E-state index contributed by atoms with van der Waals surface area (Å²) in [6, 6.07) is 46.1. The average Bonchev–Trinajstić information content (AvgIpc) is 3.46. The van der Waals surface area contributed by atoms with Gasteiger partial charge in [-0.3, -0.25) is 0 Å². The van der Waals surface area contributed by atoms with Crippen molar-refractivity contribution in [1.82, 2.24) is 15.0 Å². The predicted octanol–water partition coefficient (Wildman–Crippen LogP) is 9.39. The molecule has 6 aromatic carbocycles. The van der Waals surface area contributed by atoms with Gasteiger partial charge in [0.15, 0.2) is 17.5 Å². The van der Waals surface area contributed by atoms with Gasteiger partial charge < -0.3 is 9.31 Å². The fourth-order valence-corrected chi connectivity index (χ4v) is 7.10. The van der Waals surface area contributed by atoms with Crippen molar-refractivity contribution < 1.29 is 9.31 Å². The van der Waals surface area contributed by atoms with E-state index < -0.39 is 12.7 Å². The number of nitrogens with zero attached hydrogens (tertiary/aromatic N) is 3. The standard InChI is InChI=1S/C42H36BN3O2/c1-27(2)38-42(3,4)48-43(47-38)34-25-32(37-35-21-13-11-19-30(35)23-31-20-12-14-22-36(31)37)24-33(26-34)41-45-39(28-15-7-5-8-16-28)44-40(46-41)29-17-9-6-10-18-29/h5-27,38H,1-4H3. The Bertz CT molecular complexity index is 2160. The van der Waals surface area contributed by atoms with Crippen LogP contribution < -0.4 is 5.46 Å². The van der Waals surface area contributed by atoms with Crippen LogP contribution in [-0.2, 0) is 9.31 Å². The molecule has 0 spiro atoms. The first-order valence-electron chi connectivity index (χ1n) is 16.6. The molecule has 0 aliphatic carbocycles. The molecule has 1 unspecified atom stereocenters. The number of hydrogen-bond donors (Lipinski definition) is 0. The van der Waals surface area contributed by atoms with Crippen molar-refractivity contribution in [2.45, 2.75) is 39.4 Å². The smallest absolute Gasteiger partial charge is 0.401 e. The van der Waals surface area contributed by atoms with E-state index in [1.54, 1.807) is 0 Å². The van der Waals surface area contributed by atoms with Gasteiger partial charge in [0, 0.05) is 16.7 Å². The van der Waals surface area contributed by atoms with E-state index in [0.29, 0.717) is 23.4 Å². The Morgan fingerprint density at radius 1 is 0.562 bits per heavy atom. The Morgan fingerprint density at radius 3 is 1.56 bits per heavy atom. The highest BCUT2D eigenvalue weighted by atomic mass is 16.7. The van der Waals surface area contributed by atoms with Crippen LogP contribution in [0, 0.1) is 5.92 Å². The number of rotatable bonds is 6. The van der Waals surface area contributed by atoms with Crippen molar-refractivity contribution in [1.29, 1.82) is 0 Å². The maximum atomic E-state index is 6.69. The molecule has 1 fully saturated rings. The summed E-state index contributed by atoms with van der Waals surface area (Å²) in [5.74, 6) is 2.13. The molecule has 0 amide bonds. The van der Waals surface area contributed by atoms with Crippen LogP contribution in [-0.4, -0.2) is 33.8 Å². The van der Waals surface area contributed by atoms with Crippen LogP contribution >= 0.6 is 0 Å². The minimum Gasteiger partial charge on any atom is -0.401 e. The summed E-state index contributed by atoms with van der Waals surface area (Å²) >= 11 is 0. The normalized spacial score (nSPS) is 15.9. The predicted molar refractivity (Wildman–Crippen MR) is 197 cm³/mol. The first-order chi connectivity index (χ1) is 23.3. The first-order valence-corrected chi connectivity index (χ1v) is 16.6. The second-order valence-electron chi connectivity index (χ2n) is 13.4. The summed E-state index contributed by atoms with van der Waals surface area (Å²) in [4.78, 5) is 15.1. The third-order valence-corrected chi connectivity index (χ3v) is 9.22. The lowest BCUT2D eigenvalue weighted by atomic mass is 9.76. The van der Waals surface area contributed by atoms with Crippen LogP contribution in [0.5, 0.6) is 0 Å². The van der Waals surface area contributed by atoms with Crippen molar-refractivity contribution in [3.8, 4) is 45.3 Å². The summed E-state index contributed by atoms with van der Waals surface area (Å²) in [6.45, 7) is 8.60. The van der Waals surface area contributed by atoms with Crippen LogP contribution in [0.4, 0.5) is 0 Å². The van der Waals surface area contributed by atoms with E-state index in [9.17, 15) is 0 Å². The molecular formula is C42H36BN3O2. The van der Waals surface area contributed by atoms with Crippen LogP contribution in [0.3, 0.4) is 0 Å². The molecule has 1 aliphatic heterocycles. The molecule has 0 saturated carbocycles. The molecule has 5 nitrogen and oxygen atoms in total. The monoisotopic (exact) mass is 625 g/mol. The van der Waals surface area contributed by atoms with Gasteiger partial charge in [0.1, 0.15) is 0 Å². The second kappa shape index (κ2) is 12.1. The largest absolute Gasteiger partial charge is 0.494 e. The molecule has 1 aliphatic rings. The Balaban J connectivity index is 1.40. The van der Waals surface area contributed by atoms with E-state index in [1.165, 1.54) is 21.5 Å². The molecule has 1 saturated heterocycles. The van der Waals surface area contributed by atoms with Crippen LogP contribution in [0.25, 0.3) is 66.8 Å². The number of benzene rings is 6. The molecule has 0 N–H and O–H groups in total. The third-order valence-electron chi connectivity index (χ3n) is 9.22. The van der Waals surface area contributed by atoms with E-state index in [2.05, 4.69) is 100 Å². The molecule has 0 bridgehead atoms. The summed E-state index contributed by atoms with van der Waals surface area (Å²) in [5.41, 5.74) is 5.42. The zero-order chi connectivity index (χ0) is 32.8. The van der Waals surface area contributed by atoms with Gasteiger partial charge in [-0.05, 0) is 70.0 Å². The van der Waals surface area contributed by atoms with Gasteiger partial charge in [-0.15, -0.1) is 0 Å². The maximum Gasteiger partial charge on any atom is 0.494 e. The second-order valence-corrected chi connectivity index (χ2v) is 13.4. The summed E-state index contributed by atoms with van der Waals surface area (Å²) in [6.07, 6.45) is -0.0560. The third kappa shape index (κ3) is 5.57. The van der Waals surface area contributed by atoms with Crippen molar-refractivity contribution >= 4 is 34.1 Å². The molecular weight excluding hydrogens is 589 g/mol. The lowest BCUT2D eigenvalue weighted by molar-refractivity contribution is 0.0438. The zero-order valence-corrected chi connectivity index (χ0v) is 27.6. The zero-order valence-electron chi connectivity index (χ0n) is 27.6. The Hall–Kier alpha value is -5.17. The fourth-order valence-electron chi connectivity index (χ4n) is 7.10. The van der Waals surface area contributed by atoms with E-state index >= 15 is 0 Å². The highest BCUT2D eigenvalue weighted by Crippen LogP contribution is 2.39. The molecule has 48 heavy (non-hydrogen) atoms. The SMILES string of the molecule is CC(C)C1OB(c2cc(-c3nc(-c4ccccc4)nc(-c4ccccc4)n3)cc(-c3c4ccccc4cc4ccccc34)c2)OC1(C)C. The van der Waals surface area contributed by atoms with E-state index in [4.69, 9.17) is 24.3 Å². The van der Waals surface area contributed by atoms with E-state index in [-0.39, 0.29) is 6.10 Å². The van der Waals surface area contributed by atoms with Crippen LogP contribution in [0.15, 0.2) is 133 Å².